The maximum atomic E-state index is 8.77. The van der Waals surface area contributed by atoms with Gasteiger partial charge in [-0.15, -0.1) is 0 Å². The molecule has 4 nitrogen and oxygen atoms in total. The van der Waals surface area contributed by atoms with E-state index in [4.69, 9.17) is 19.3 Å². The van der Waals surface area contributed by atoms with Crippen molar-refractivity contribution >= 4 is 0 Å². The highest BCUT2D eigenvalue weighted by Gasteiger charge is 2.01. The van der Waals surface area contributed by atoms with Crippen LogP contribution in [0.3, 0.4) is 0 Å². The Bertz CT molecular complexity index is 460. The van der Waals surface area contributed by atoms with Gasteiger partial charge in [0.1, 0.15) is 12.4 Å². The van der Waals surface area contributed by atoms with E-state index in [0.717, 1.165) is 23.3 Å². The first-order valence-corrected chi connectivity index (χ1v) is 7.17. The first kappa shape index (κ1) is 17.5. The van der Waals surface area contributed by atoms with Crippen molar-refractivity contribution in [1.29, 1.82) is 0 Å². The summed E-state index contributed by atoms with van der Waals surface area (Å²) in [6.07, 6.45) is 1.36. The van der Waals surface area contributed by atoms with Gasteiger partial charge in [-0.1, -0.05) is 17.9 Å². The Hall–Kier alpha value is -1.54. The molecule has 0 aliphatic heterocycles. The zero-order valence-electron chi connectivity index (χ0n) is 12.9. The molecule has 0 radical (unpaired) electrons. The third kappa shape index (κ3) is 7.72. The van der Waals surface area contributed by atoms with Crippen molar-refractivity contribution in [3.8, 4) is 17.6 Å². The fraction of sp³-hybridized carbons (Fsp3) is 0.529. The predicted octanol–water partition coefficient (Wildman–Crippen LogP) is 2.16. The Labute approximate surface area is 127 Å². The quantitative estimate of drug-likeness (QED) is 0.560. The van der Waals surface area contributed by atoms with Gasteiger partial charge in [0.05, 0.1) is 18.8 Å². The Morgan fingerprint density at radius 2 is 2.00 bits per heavy atom. The molecule has 0 saturated carbocycles. The van der Waals surface area contributed by atoms with Gasteiger partial charge in [0.15, 0.2) is 0 Å². The van der Waals surface area contributed by atoms with Crippen molar-refractivity contribution in [2.45, 2.75) is 19.8 Å². The minimum Gasteiger partial charge on any atom is -0.490 e. The van der Waals surface area contributed by atoms with E-state index in [-0.39, 0.29) is 6.61 Å². The molecule has 1 aromatic carbocycles. The van der Waals surface area contributed by atoms with Crippen LogP contribution < -0.4 is 4.74 Å². The maximum absolute atomic E-state index is 8.77. The molecule has 0 heterocycles. The van der Waals surface area contributed by atoms with Crippen LogP contribution in [-0.2, 0) is 9.47 Å². The fourth-order valence-electron chi connectivity index (χ4n) is 1.70. The molecule has 0 unspecified atom stereocenters. The number of aliphatic hydroxyl groups is 1. The maximum Gasteiger partial charge on any atom is 0.135 e. The molecule has 0 saturated heterocycles. The molecule has 1 N–H and O–H groups in total. The lowest BCUT2D eigenvalue weighted by molar-refractivity contribution is 0.0806. The number of benzene rings is 1. The number of aliphatic hydroxyl groups excluding tert-OH is 1. The van der Waals surface area contributed by atoms with Gasteiger partial charge in [-0.05, 0) is 31.0 Å². The van der Waals surface area contributed by atoms with Crippen molar-refractivity contribution in [2.24, 2.45) is 0 Å². The summed E-state index contributed by atoms with van der Waals surface area (Å²) in [6.45, 7) is 4.51. The van der Waals surface area contributed by atoms with Crippen LogP contribution in [0.15, 0.2) is 18.2 Å². The summed E-state index contributed by atoms with van der Waals surface area (Å²) >= 11 is 0. The van der Waals surface area contributed by atoms with Gasteiger partial charge in [0.2, 0.25) is 0 Å². The van der Waals surface area contributed by atoms with Crippen LogP contribution in [-0.4, -0.2) is 45.3 Å². The number of hydrogen-bond acceptors (Lipinski definition) is 4. The number of rotatable bonds is 9. The van der Waals surface area contributed by atoms with Crippen molar-refractivity contribution in [2.75, 3.05) is 40.1 Å². The zero-order chi connectivity index (χ0) is 15.3. The summed E-state index contributed by atoms with van der Waals surface area (Å²) in [7, 11) is 1.68. The van der Waals surface area contributed by atoms with Crippen molar-refractivity contribution < 1.29 is 19.3 Å². The van der Waals surface area contributed by atoms with E-state index in [0.29, 0.717) is 32.8 Å². The van der Waals surface area contributed by atoms with E-state index >= 15 is 0 Å². The van der Waals surface area contributed by atoms with Gasteiger partial charge >= 0.3 is 0 Å². The predicted molar refractivity (Wildman–Crippen MR) is 82.6 cm³/mol. The first-order valence-electron chi connectivity index (χ1n) is 7.17. The van der Waals surface area contributed by atoms with E-state index in [9.17, 15) is 0 Å². The summed E-state index contributed by atoms with van der Waals surface area (Å²) in [5.74, 6) is 6.71. The van der Waals surface area contributed by atoms with E-state index < -0.39 is 0 Å². The highest BCUT2D eigenvalue weighted by Crippen LogP contribution is 2.19. The third-order valence-electron chi connectivity index (χ3n) is 2.72. The summed E-state index contributed by atoms with van der Waals surface area (Å²) in [6, 6.07) is 5.90. The van der Waals surface area contributed by atoms with E-state index in [1.807, 2.05) is 25.1 Å². The second kappa shape index (κ2) is 11.2. The molecule has 0 aliphatic carbocycles. The Kier molecular flexibility index (Phi) is 9.30. The largest absolute Gasteiger partial charge is 0.490 e. The van der Waals surface area contributed by atoms with Gasteiger partial charge in [0.25, 0.3) is 0 Å². The molecule has 0 atom stereocenters. The average molecular weight is 292 g/mol. The average Bonchev–Trinajstić information content (AvgIpc) is 2.48. The molecule has 0 spiro atoms. The highest BCUT2D eigenvalue weighted by molar-refractivity contribution is 5.48. The Balaban J connectivity index is 2.42. The highest BCUT2D eigenvalue weighted by atomic mass is 16.5. The summed E-state index contributed by atoms with van der Waals surface area (Å²) < 4.78 is 16.1. The van der Waals surface area contributed by atoms with Gasteiger partial charge < -0.3 is 19.3 Å². The summed E-state index contributed by atoms with van der Waals surface area (Å²) in [4.78, 5) is 0. The first-order chi connectivity index (χ1) is 10.3. The van der Waals surface area contributed by atoms with Crippen LogP contribution in [0.4, 0.5) is 0 Å². The molecular weight excluding hydrogens is 268 g/mol. The van der Waals surface area contributed by atoms with Crippen molar-refractivity contribution in [1.82, 2.24) is 0 Å². The topological polar surface area (TPSA) is 47.9 Å². The lowest BCUT2D eigenvalue weighted by Gasteiger charge is -2.09. The second-order valence-electron chi connectivity index (χ2n) is 4.58. The SMILES string of the molecule is COCCCOCCOc1ccc(C)cc1C#CCCO. The Morgan fingerprint density at radius 3 is 2.76 bits per heavy atom. The normalized spacial score (nSPS) is 10.0. The second-order valence-corrected chi connectivity index (χ2v) is 4.58. The molecule has 0 aliphatic rings. The lowest BCUT2D eigenvalue weighted by Crippen LogP contribution is -2.09. The third-order valence-corrected chi connectivity index (χ3v) is 2.72. The minimum atomic E-state index is 0.0737. The van der Waals surface area contributed by atoms with Crippen molar-refractivity contribution in [3.05, 3.63) is 29.3 Å². The monoisotopic (exact) mass is 292 g/mol. The molecule has 1 rings (SSSR count). The van der Waals surface area contributed by atoms with E-state index in [2.05, 4.69) is 11.8 Å². The smallest absolute Gasteiger partial charge is 0.135 e. The lowest BCUT2D eigenvalue weighted by atomic mass is 10.1. The minimum absolute atomic E-state index is 0.0737. The number of aryl methyl sites for hydroxylation is 1. The van der Waals surface area contributed by atoms with Crippen LogP contribution in [0.1, 0.15) is 24.0 Å². The molecule has 0 amide bonds. The molecule has 1 aromatic rings. The van der Waals surface area contributed by atoms with Crippen LogP contribution in [0, 0.1) is 18.8 Å². The molecule has 116 valence electrons. The molecule has 0 bridgehead atoms. The van der Waals surface area contributed by atoms with Gasteiger partial charge in [-0.3, -0.25) is 0 Å². The summed E-state index contributed by atoms with van der Waals surface area (Å²) in [5, 5.41) is 8.77. The van der Waals surface area contributed by atoms with Crippen LogP contribution in [0.5, 0.6) is 5.75 Å². The fourth-order valence-corrected chi connectivity index (χ4v) is 1.70. The molecule has 21 heavy (non-hydrogen) atoms. The standard InChI is InChI=1S/C17H24O4/c1-15-7-8-17(16(14-15)6-3-4-9-18)21-13-12-20-11-5-10-19-2/h7-8,14,18H,4-5,9-13H2,1-2H3. The van der Waals surface area contributed by atoms with Gasteiger partial charge in [-0.2, -0.15) is 0 Å². The molecule has 0 aromatic heterocycles. The molecule has 4 heteroatoms. The van der Waals surface area contributed by atoms with E-state index in [1.165, 1.54) is 0 Å². The van der Waals surface area contributed by atoms with Gasteiger partial charge in [0, 0.05) is 26.7 Å². The molecule has 0 fully saturated rings. The Morgan fingerprint density at radius 1 is 1.14 bits per heavy atom. The number of methoxy groups -OCH3 is 1. The van der Waals surface area contributed by atoms with Crippen LogP contribution >= 0.6 is 0 Å². The van der Waals surface area contributed by atoms with Gasteiger partial charge in [-0.25, -0.2) is 0 Å². The number of ether oxygens (including phenoxy) is 3. The molecular formula is C17H24O4. The van der Waals surface area contributed by atoms with Crippen LogP contribution in [0.25, 0.3) is 0 Å². The number of hydrogen-bond donors (Lipinski definition) is 1. The van der Waals surface area contributed by atoms with E-state index in [1.54, 1.807) is 7.11 Å². The van der Waals surface area contributed by atoms with Crippen molar-refractivity contribution in [3.63, 3.8) is 0 Å². The zero-order valence-corrected chi connectivity index (χ0v) is 12.9. The summed E-state index contributed by atoms with van der Waals surface area (Å²) in [5.41, 5.74) is 1.98. The van der Waals surface area contributed by atoms with Crippen LogP contribution in [0.2, 0.25) is 0 Å².